The molecule has 0 amide bonds. The molecule has 0 saturated heterocycles. The number of hydrogen-bond donors (Lipinski definition) is 2. The number of nitrogens with zero attached hydrogens (tertiary/aromatic N) is 3. The number of carboxylic acid groups (broad SMARTS) is 1. The summed E-state index contributed by atoms with van der Waals surface area (Å²) in [6, 6.07) is 7.56. The minimum absolute atomic E-state index is 0.00968. The number of allylic oxidation sites excluding steroid dienone is 2. The van der Waals surface area contributed by atoms with Crippen molar-refractivity contribution < 1.29 is 9.90 Å². The van der Waals surface area contributed by atoms with Gasteiger partial charge in [-0.05, 0) is 28.1 Å². The molecule has 0 aromatic heterocycles. The van der Waals surface area contributed by atoms with Gasteiger partial charge >= 0.3 is 5.97 Å². The van der Waals surface area contributed by atoms with Crippen molar-refractivity contribution in [1.29, 1.82) is 15.8 Å². The molecule has 1 aromatic rings. The van der Waals surface area contributed by atoms with Gasteiger partial charge in [-0.15, -0.1) is 0 Å². The summed E-state index contributed by atoms with van der Waals surface area (Å²) in [5, 5.41) is 37.9. The number of rotatable bonds is 3. The third-order valence-corrected chi connectivity index (χ3v) is 3.13. The average molecular weight is 352 g/mol. The van der Waals surface area contributed by atoms with Crippen LogP contribution in [0.25, 0.3) is 0 Å². The van der Waals surface area contributed by atoms with Crippen molar-refractivity contribution in [3.63, 3.8) is 0 Å². The molecule has 20 heavy (non-hydrogen) atoms. The number of carbonyl (C=O) groups is 1. The normalized spacial score (nSPS) is 8.75. The summed E-state index contributed by atoms with van der Waals surface area (Å²) in [6.45, 7) is 0. The zero-order valence-electron chi connectivity index (χ0n) is 9.61. The lowest BCUT2D eigenvalue weighted by Crippen LogP contribution is -2.08. The minimum atomic E-state index is -1.31. The summed E-state index contributed by atoms with van der Waals surface area (Å²) >= 11 is 8.92. The molecule has 0 unspecified atom stereocenters. The van der Waals surface area contributed by atoms with Crippen LogP contribution in [0.5, 0.6) is 0 Å². The molecule has 0 spiro atoms. The molecule has 98 valence electrons. The Hall–Kier alpha value is -2.53. The van der Waals surface area contributed by atoms with Crippen LogP contribution in [0.1, 0.15) is 10.4 Å². The first-order valence-corrected chi connectivity index (χ1v) is 6.06. The van der Waals surface area contributed by atoms with Gasteiger partial charge in [0.1, 0.15) is 29.5 Å². The molecular formula is C12H4BrClN4O2. The molecule has 0 fully saturated rings. The highest BCUT2D eigenvalue weighted by Gasteiger charge is 2.19. The monoisotopic (exact) mass is 350 g/mol. The van der Waals surface area contributed by atoms with Crippen LogP contribution in [-0.4, -0.2) is 11.1 Å². The molecule has 0 heterocycles. The third-order valence-electron chi connectivity index (χ3n) is 2.15. The highest BCUT2D eigenvalue weighted by molar-refractivity contribution is 9.10. The maximum absolute atomic E-state index is 11.2. The Balaban J connectivity index is 3.52. The third kappa shape index (κ3) is 3.07. The van der Waals surface area contributed by atoms with Crippen LogP contribution in [-0.2, 0) is 0 Å². The van der Waals surface area contributed by atoms with Gasteiger partial charge in [-0.2, -0.15) is 15.8 Å². The maximum atomic E-state index is 11.2. The van der Waals surface area contributed by atoms with Crippen molar-refractivity contribution in [2.24, 2.45) is 0 Å². The molecule has 0 aliphatic carbocycles. The number of aromatic carboxylic acids is 1. The summed E-state index contributed by atoms with van der Waals surface area (Å²) in [5.74, 6) is -1.31. The summed E-state index contributed by atoms with van der Waals surface area (Å²) in [7, 11) is 0. The maximum Gasteiger partial charge on any atom is 0.339 e. The first kappa shape index (κ1) is 15.5. The van der Waals surface area contributed by atoms with Gasteiger partial charge in [0.05, 0.1) is 10.7 Å². The Morgan fingerprint density at radius 3 is 2.30 bits per heavy atom. The Bertz CT molecular complexity index is 722. The molecule has 0 saturated carbocycles. The highest BCUT2D eigenvalue weighted by Crippen LogP contribution is 2.33. The molecule has 0 aliphatic heterocycles. The molecule has 0 aliphatic rings. The van der Waals surface area contributed by atoms with Crippen LogP contribution in [0.3, 0.4) is 0 Å². The van der Waals surface area contributed by atoms with E-state index in [1.165, 1.54) is 12.1 Å². The molecule has 8 heteroatoms. The van der Waals surface area contributed by atoms with Gasteiger partial charge in [-0.3, -0.25) is 0 Å². The Morgan fingerprint density at radius 2 is 1.85 bits per heavy atom. The fourth-order valence-corrected chi connectivity index (χ4v) is 1.96. The summed E-state index contributed by atoms with van der Waals surface area (Å²) in [5.41, 5.74) is -1.11. The van der Waals surface area contributed by atoms with Crippen LogP contribution in [0.15, 0.2) is 27.9 Å². The molecule has 6 nitrogen and oxygen atoms in total. The van der Waals surface area contributed by atoms with Crippen molar-refractivity contribution >= 4 is 39.2 Å². The molecule has 0 bridgehead atoms. The molecule has 0 atom stereocenters. The molecule has 1 aromatic carbocycles. The van der Waals surface area contributed by atoms with Crippen molar-refractivity contribution in [2.45, 2.75) is 0 Å². The zero-order chi connectivity index (χ0) is 15.3. The lowest BCUT2D eigenvalue weighted by Gasteiger charge is -2.12. The van der Waals surface area contributed by atoms with E-state index in [4.69, 9.17) is 32.5 Å². The lowest BCUT2D eigenvalue weighted by molar-refractivity contribution is 0.0698. The van der Waals surface area contributed by atoms with E-state index in [9.17, 15) is 4.79 Å². The number of carboxylic acids is 1. The van der Waals surface area contributed by atoms with Gasteiger partial charge in [-0.1, -0.05) is 11.6 Å². The molecule has 0 radical (unpaired) electrons. The van der Waals surface area contributed by atoms with Crippen molar-refractivity contribution in [3.8, 4) is 18.2 Å². The smallest absolute Gasteiger partial charge is 0.339 e. The number of benzene rings is 1. The standard InChI is InChI=1S/C12H4BrClN4O2/c13-7-1-2-8(14)10(12(19)20)11(7)18-9(5-17)6(3-15)4-16/h1-2,18H,(H,19,20). The Labute approximate surface area is 127 Å². The van der Waals surface area contributed by atoms with Crippen LogP contribution >= 0.6 is 27.5 Å². The summed E-state index contributed by atoms with van der Waals surface area (Å²) in [6.07, 6.45) is 0. The SMILES string of the molecule is N#CC(C#N)=C(C#N)Nc1c(Br)ccc(Cl)c1C(=O)O. The van der Waals surface area contributed by atoms with Crippen LogP contribution in [0, 0.1) is 34.0 Å². The second kappa shape index (κ2) is 6.58. The van der Waals surface area contributed by atoms with E-state index in [0.717, 1.165) is 0 Å². The second-order valence-corrected chi connectivity index (χ2v) is 4.56. The van der Waals surface area contributed by atoms with Gasteiger partial charge in [0.2, 0.25) is 0 Å². The van der Waals surface area contributed by atoms with Gasteiger partial charge < -0.3 is 10.4 Å². The molecule has 1 rings (SSSR count). The minimum Gasteiger partial charge on any atom is -0.478 e. The second-order valence-electron chi connectivity index (χ2n) is 3.29. The summed E-state index contributed by atoms with van der Waals surface area (Å²) in [4.78, 5) is 11.2. The first-order valence-electron chi connectivity index (χ1n) is 4.89. The number of halogens is 2. The van der Waals surface area contributed by atoms with Gasteiger partial charge in [0.15, 0.2) is 5.57 Å². The average Bonchev–Trinajstić information content (AvgIpc) is 2.42. The van der Waals surface area contributed by atoms with Crippen molar-refractivity contribution in [2.75, 3.05) is 5.32 Å². The van der Waals surface area contributed by atoms with E-state index in [-0.39, 0.29) is 22.0 Å². The quantitative estimate of drug-likeness (QED) is 0.807. The Morgan fingerprint density at radius 1 is 1.25 bits per heavy atom. The van der Waals surface area contributed by atoms with E-state index in [1.807, 2.05) is 0 Å². The van der Waals surface area contributed by atoms with Crippen molar-refractivity contribution in [3.05, 3.63) is 38.5 Å². The number of nitrogens with one attached hydrogen (secondary N) is 1. The highest BCUT2D eigenvalue weighted by atomic mass is 79.9. The predicted molar refractivity (Wildman–Crippen MR) is 73.6 cm³/mol. The van der Waals surface area contributed by atoms with E-state index < -0.39 is 11.5 Å². The molecule has 2 N–H and O–H groups in total. The van der Waals surface area contributed by atoms with Crippen molar-refractivity contribution in [1.82, 2.24) is 0 Å². The lowest BCUT2D eigenvalue weighted by atomic mass is 10.1. The zero-order valence-corrected chi connectivity index (χ0v) is 11.9. The van der Waals surface area contributed by atoms with E-state index in [1.54, 1.807) is 18.2 Å². The number of anilines is 1. The van der Waals surface area contributed by atoms with Gasteiger partial charge in [-0.25, -0.2) is 4.79 Å². The fourth-order valence-electron chi connectivity index (χ4n) is 1.29. The topological polar surface area (TPSA) is 121 Å². The summed E-state index contributed by atoms with van der Waals surface area (Å²) < 4.78 is 0.322. The van der Waals surface area contributed by atoms with Gasteiger partial charge in [0, 0.05) is 4.47 Å². The van der Waals surface area contributed by atoms with Gasteiger partial charge in [0.25, 0.3) is 0 Å². The molecular weight excluding hydrogens is 348 g/mol. The van der Waals surface area contributed by atoms with E-state index >= 15 is 0 Å². The number of nitriles is 3. The van der Waals surface area contributed by atoms with Crippen LogP contribution in [0.2, 0.25) is 5.02 Å². The first-order chi connectivity index (χ1) is 9.46. The Kier molecular flexibility index (Phi) is 5.11. The number of hydrogen-bond acceptors (Lipinski definition) is 5. The van der Waals surface area contributed by atoms with Crippen LogP contribution < -0.4 is 5.32 Å². The van der Waals surface area contributed by atoms with E-state index in [0.29, 0.717) is 4.47 Å². The fraction of sp³-hybridized carbons (Fsp3) is 0. The largest absolute Gasteiger partial charge is 0.478 e. The predicted octanol–water partition coefficient (Wildman–Crippen LogP) is 3.04. The van der Waals surface area contributed by atoms with E-state index in [2.05, 4.69) is 21.2 Å². The van der Waals surface area contributed by atoms with Crippen LogP contribution in [0.4, 0.5) is 5.69 Å².